The van der Waals surface area contributed by atoms with Crippen LogP contribution in [0, 0.1) is 5.92 Å². The second kappa shape index (κ2) is 2.90. The largest absolute Gasteiger partial charge is 0.354 e. The molecule has 2 heterocycles. The molecular formula is C8H13N3O2. The van der Waals surface area contributed by atoms with Gasteiger partial charge in [-0.1, -0.05) is 0 Å². The minimum Gasteiger partial charge on any atom is -0.354 e. The van der Waals surface area contributed by atoms with Gasteiger partial charge in [-0.3, -0.25) is 4.79 Å². The topological polar surface area (TPSA) is 75.4 Å². The van der Waals surface area contributed by atoms with Crippen molar-refractivity contribution in [1.29, 1.82) is 0 Å². The molecule has 2 unspecified atom stereocenters. The second-order valence-electron chi connectivity index (χ2n) is 3.59. The Morgan fingerprint density at radius 2 is 2.38 bits per heavy atom. The molecule has 2 aliphatic rings. The molecule has 5 nitrogen and oxygen atoms in total. The van der Waals surface area contributed by atoms with Gasteiger partial charge in [-0.2, -0.15) is 0 Å². The highest BCUT2D eigenvalue weighted by molar-refractivity contribution is 5.83. The first-order valence-electron chi connectivity index (χ1n) is 4.54. The van der Waals surface area contributed by atoms with Crippen molar-refractivity contribution < 1.29 is 9.59 Å². The van der Waals surface area contributed by atoms with E-state index in [9.17, 15) is 9.59 Å². The molecule has 0 aromatic rings. The van der Waals surface area contributed by atoms with Crippen molar-refractivity contribution in [3.8, 4) is 0 Å². The fourth-order valence-corrected chi connectivity index (χ4v) is 2.23. The van der Waals surface area contributed by atoms with Crippen molar-refractivity contribution in [1.82, 2.24) is 10.2 Å². The number of carbonyl (C=O) groups excluding carboxylic acids is 2. The zero-order valence-corrected chi connectivity index (χ0v) is 7.32. The molecule has 2 aliphatic heterocycles. The third kappa shape index (κ3) is 1.24. The zero-order valence-electron chi connectivity index (χ0n) is 7.32. The summed E-state index contributed by atoms with van der Waals surface area (Å²) >= 11 is 0. The summed E-state index contributed by atoms with van der Waals surface area (Å²) in [6, 6.07) is -0.412. The van der Waals surface area contributed by atoms with E-state index in [0.717, 1.165) is 12.8 Å². The van der Waals surface area contributed by atoms with E-state index in [1.165, 1.54) is 0 Å². The summed E-state index contributed by atoms with van der Waals surface area (Å²) in [5, 5.41) is 2.76. The Bertz CT molecular complexity index is 254. The molecule has 0 radical (unpaired) electrons. The fraction of sp³-hybridized carbons (Fsp3) is 0.750. The zero-order chi connectivity index (χ0) is 9.42. The van der Waals surface area contributed by atoms with Gasteiger partial charge in [-0.25, -0.2) is 4.79 Å². The van der Waals surface area contributed by atoms with Gasteiger partial charge in [0, 0.05) is 13.1 Å². The number of likely N-dealkylation sites (tertiary alicyclic amines) is 1. The van der Waals surface area contributed by atoms with Gasteiger partial charge >= 0.3 is 6.03 Å². The van der Waals surface area contributed by atoms with E-state index >= 15 is 0 Å². The smallest absolute Gasteiger partial charge is 0.315 e. The maximum atomic E-state index is 11.3. The lowest BCUT2D eigenvalue weighted by Crippen LogP contribution is -2.50. The van der Waals surface area contributed by atoms with E-state index < -0.39 is 6.03 Å². The highest BCUT2D eigenvalue weighted by atomic mass is 16.2. The summed E-state index contributed by atoms with van der Waals surface area (Å²) in [6.45, 7) is 1.25. The predicted octanol–water partition coefficient (Wildman–Crippen LogP) is -0.725. The third-order valence-corrected chi connectivity index (χ3v) is 2.88. The van der Waals surface area contributed by atoms with Crippen LogP contribution in [0.5, 0.6) is 0 Å². The molecule has 0 saturated carbocycles. The van der Waals surface area contributed by atoms with Crippen LogP contribution in [0.15, 0.2) is 0 Å². The monoisotopic (exact) mass is 183 g/mol. The minimum absolute atomic E-state index is 0.00116. The number of urea groups is 1. The third-order valence-electron chi connectivity index (χ3n) is 2.88. The fourth-order valence-electron chi connectivity index (χ4n) is 2.23. The summed E-state index contributed by atoms with van der Waals surface area (Å²) in [7, 11) is 0. The molecule has 72 valence electrons. The molecule has 2 saturated heterocycles. The number of fused-ring (bicyclic) bond motifs is 1. The summed E-state index contributed by atoms with van der Waals surface area (Å²) in [4.78, 5) is 23.9. The first-order valence-corrected chi connectivity index (χ1v) is 4.54. The molecule has 0 aliphatic carbocycles. The predicted molar refractivity (Wildman–Crippen MR) is 45.8 cm³/mol. The molecule has 3 N–H and O–H groups in total. The second-order valence-corrected chi connectivity index (χ2v) is 3.59. The molecule has 5 heteroatoms. The molecule has 13 heavy (non-hydrogen) atoms. The highest BCUT2D eigenvalue weighted by Gasteiger charge is 2.41. The van der Waals surface area contributed by atoms with E-state index in [4.69, 9.17) is 5.73 Å². The van der Waals surface area contributed by atoms with Crippen LogP contribution in [-0.4, -0.2) is 36.0 Å². The van der Waals surface area contributed by atoms with E-state index in [2.05, 4.69) is 5.32 Å². The van der Waals surface area contributed by atoms with Crippen molar-refractivity contribution in [2.45, 2.75) is 18.9 Å². The van der Waals surface area contributed by atoms with Crippen molar-refractivity contribution in [3.05, 3.63) is 0 Å². The Balaban J connectivity index is 2.16. The van der Waals surface area contributed by atoms with Crippen LogP contribution in [0.1, 0.15) is 12.8 Å². The Morgan fingerprint density at radius 3 is 3.08 bits per heavy atom. The minimum atomic E-state index is -0.411. The lowest BCUT2D eigenvalue weighted by Gasteiger charge is -2.34. The maximum Gasteiger partial charge on any atom is 0.315 e. The SMILES string of the molecule is NC(=O)N1CCCC2C(=O)NCC21. The van der Waals surface area contributed by atoms with Crippen molar-refractivity contribution >= 4 is 11.9 Å². The Morgan fingerprint density at radius 1 is 1.62 bits per heavy atom. The standard InChI is InChI=1S/C8H13N3O2/c9-8(13)11-3-1-2-5-6(11)4-10-7(5)12/h5-6H,1-4H2,(H2,9,13)(H,10,12). The first kappa shape index (κ1) is 8.34. The van der Waals surface area contributed by atoms with Gasteiger partial charge in [-0.15, -0.1) is 0 Å². The number of amides is 3. The first-order chi connectivity index (χ1) is 6.20. The van der Waals surface area contributed by atoms with Crippen molar-refractivity contribution in [2.75, 3.05) is 13.1 Å². The summed E-state index contributed by atoms with van der Waals surface area (Å²) in [6.07, 6.45) is 1.75. The molecule has 2 rings (SSSR count). The van der Waals surface area contributed by atoms with E-state index in [1.807, 2.05) is 0 Å². The summed E-state index contributed by atoms with van der Waals surface area (Å²) in [5.74, 6) is 0.0391. The van der Waals surface area contributed by atoms with Gasteiger partial charge in [0.25, 0.3) is 0 Å². The molecule has 2 fully saturated rings. The van der Waals surface area contributed by atoms with Gasteiger partial charge in [0.2, 0.25) is 5.91 Å². The number of rotatable bonds is 0. The molecule has 2 atom stereocenters. The highest BCUT2D eigenvalue weighted by Crippen LogP contribution is 2.26. The molecular weight excluding hydrogens is 170 g/mol. The molecule has 0 aromatic carbocycles. The number of hydrogen-bond acceptors (Lipinski definition) is 2. The van der Waals surface area contributed by atoms with Gasteiger partial charge in [0.05, 0.1) is 12.0 Å². The lowest BCUT2D eigenvalue weighted by molar-refractivity contribution is -0.123. The van der Waals surface area contributed by atoms with Crippen LogP contribution in [-0.2, 0) is 4.79 Å². The quantitative estimate of drug-likeness (QED) is 0.519. The summed E-state index contributed by atoms with van der Waals surface area (Å²) < 4.78 is 0. The van der Waals surface area contributed by atoms with Crippen LogP contribution in [0.2, 0.25) is 0 Å². The van der Waals surface area contributed by atoms with Crippen LogP contribution in [0.4, 0.5) is 4.79 Å². The van der Waals surface area contributed by atoms with Crippen molar-refractivity contribution in [3.63, 3.8) is 0 Å². The number of nitrogens with zero attached hydrogens (tertiary/aromatic N) is 1. The van der Waals surface area contributed by atoms with E-state index in [0.29, 0.717) is 13.1 Å². The molecule has 0 spiro atoms. The average Bonchev–Trinajstić information content (AvgIpc) is 2.48. The van der Waals surface area contributed by atoms with Crippen LogP contribution < -0.4 is 11.1 Å². The van der Waals surface area contributed by atoms with Gasteiger partial charge in [-0.05, 0) is 12.8 Å². The molecule has 0 aromatic heterocycles. The number of primary amides is 1. The Labute approximate surface area is 76.3 Å². The van der Waals surface area contributed by atoms with Crippen LogP contribution in [0.3, 0.4) is 0 Å². The van der Waals surface area contributed by atoms with Gasteiger partial charge in [0.1, 0.15) is 0 Å². The number of nitrogens with two attached hydrogens (primary N) is 1. The van der Waals surface area contributed by atoms with Crippen LogP contribution >= 0.6 is 0 Å². The van der Waals surface area contributed by atoms with Gasteiger partial charge in [0.15, 0.2) is 0 Å². The number of hydrogen-bond donors (Lipinski definition) is 2. The lowest BCUT2D eigenvalue weighted by atomic mass is 9.92. The number of nitrogens with one attached hydrogen (secondary N) is 1. The van der Waals surface area contributed by atoms with Crippen molar-refractivity contribution in [2.24, 2.45) is 11.7 Å². The average molecular weight is 183 g/mol. The van der Waals surface area contributed by atoms with E-state index in [1.54, 1.807) is 4.90 Å². The Kier molecular flexibility index (Phi) is 1.86. The normalized spacial score (nSPS) is 32.6. The molecule has 0 bridgehead atoms. The maximum absolute atomic E-state index is 11.3. The van der Waals surface area contributed by atoms with Crippen LogP contribution in [0.25, 0.3) is 0 Å². The number of carbonyl (C=O) groups is 2. The summed E-state index contributed by atoms with van der Waals surface area (Å²) in [5.41, 5.74) is 5.22. The van der Waals surface area contributed by atoms with Gasteiger partial charge < -0.3 is 16.0 Å². The van der Waals surface area contributed by atoms with E-state index in [-0.39, 0.29) is 17.9 Å². The Hall–Kier alpha value is -1.26. The number of piperidine rings is 1. The molecule has 3 amide bonds.